The van der Waals surface area contributed by atoms with Crippen LogP contribution in [0, 0.1) is 0 Å². The Balaban J connectivity index is 1.46. The Kier molecular flexibility index (Phi) is 8.48. The molecule has 228 valence electrons. The Labute approximate surface area is 252 Å². The van der Waals surface area contributed by atoms with E-state index in [2.05, 4.69) is 29.8 Å². The standard InChI is InChI=1S/C32H40N4O6Si/c1-21(37)26-17-28(42-34-26)25-19-36(20-39-14-15-43(5,6)7)30-29(25)27(10-12-33-30)40-24-9-8-22-11-13-35(18-23(22)16-24)31(38)41-32(2,3)4/h8-10,12,16-17,19H,11,13-15,18,20H2,1-7H3. The van der Waals surface area contributed by atoms with Crippen molar-refractivity contribution in [2.24, 2.45) is 0 Å². The topological polar surface area (TPSA) is 109 Å². The molecule has 0 unspecified atom stereocenters. The molecule has 1 aliphatic heterocycles. The number of nitrogens with zero attached hydrogens (tertiary/aromatic N) is 4. The van der Waals surface area contributed by atoms with E-state index in [-0.39, 0.29) is 17.6 Å². The summed E-state index contributed by atoms with van der Waals surface area (Å²) < 4.78 is 25.6. The van der Waals surface area contributed by atoms with E-state index < -0.39 is 13.7 Å². The number of hydrogen-bond acceptors (Lipinski definition) is 8. The molecule has 1 aromatic carbocycles. The van der Waals surface area contributed by atoms with Crippen LogP contribution in [0.3, 0.4) is 0 Å². The Morgan fingerprint density at radius 3 is 2.58 bits per heavy atom. The summed E-state index contributed by atoms with van der Waals surface area (Å²) in [5.41, 5.74) is 3.23. The summed E-state index contributed by atoms with van der Waals surface area (Å²) in [7, 11) is -1.24. The lowest BCUT2D eigenvalue weighted by atomic mass is 10.00. The number of rotatable bonds is 9. The number of ether oxygens (including phenoxy) is 3. The van der Waals surface area contributed by atoms with Gasteiger partial charge < -0.3 is 28.2 Å². The van der Waals surface area contributed by atoms with Crippen LogP contribution in [0.2, 0.25) is 25.7 Å². The second-order valence-electron chi connectivity index (χ2n) is 13.2. The number of fused-ring (bicyclic) bond motifs is 2. The molecule has 5 rings (SSSR count). The summed E-state index contributed by atoms with van der Waals surface area (Å²) in [6.45, 7) is 16.0. The van der Waals surface area contributed by atoms with Gasteiger partial charge in [0.15, 0.2) is 11.5 Å². The first kappa shape index (κ1) is 30.5. The van der Waals surface area contributed by atoms with Crippen molar-refractivity contribution in [2.75, 3.05) is 13.2 Å². The molecule has 1 aliphatic rings. The first-order chi connectivity index (χ1) is 20.3. The summed E-state index contributed by atoms with van der Waals surface area (Å²) >= 11 is 0. The van der Waals surface area contributed by atoms with E-state index in [1.54, 1.807) is 23.2 Å². The third-order valence-corrected chi connectivity index (χ3v) is 8.86. The van der Waals surface area contributed by atoms with Crippen molar-refractivity contribution in [1.29, 1.82) is 0 Å². The van der Waals surface area contributed by atoms with Gasteiger partial charge in [-0.3, -0.25) is 4.79 Å². The fourth-order valence-electron chi connectivity index (χ4n) is 4.87. The molecule has 43 heavy (non-hydrogen) atoms. The van der Waals surface area contributed by atoms with Crippen molar-refractivity contribution in [3.8, 4) is 22.8 Å². The minimum atomic E-state index is -1.24. The van der Waals surface area contributed by atoms with E-state index in [0.29, 0.717) is 54.9 Å². The average molecular weight is 605 g/mol. The number of Topliss-reactive ketones (excluding diaryl/α,β-unsaturated/α-hetero) is 1. The number of amides is 1. The van der Waals surface area contributed by atoms with Crippen molar-refractivity contribution in [2.45, 2.75) is 78.7 Å². The van der Waals surface area contributed by atoms with Crippen molar-refractivity contribution in [3.63, 3.8) is 0 Å². The number of hydrogen-bond donors (Lipinski definition) is 0. The fourth-order valence-corrected chi connectivity index (χ4v) is 5.63. The van der Waals surface area contributed by atoms with Crippen LogP contribution in [-0.2, 0) is 29.2 Å². The molecule has 0 fully saturated rings. The Bertz CT molecular complexity index is 1650. The lowest BCUT2D eigenvalue weighted by molar-refractivity contribution is 0.0223. The van der Waals surface area contributed by atoms with Crippen molar-refractivity contribution < 1.29 is 28.3 Å². The molecule has 0 bridgehead atoms. The largest absolute Gasteiger partial charge is 0.457 e. The average Bonchev–Trinajstić information content (AvgIpc) is 3.55. The van der Waals surface area contributed by atoms with Gasteiger partial charge in [-0.25, -0.2) is 9.78 Å². The Morgan fingerprint density at radius 1 is 1.09 bits per heavy atom. The Morgan fingerprint density at radius 2 is 1.88 bits per heavy atom. The van der Waals surface area contributed by atoms with Gasteiger partial charge >= 0.3 is 6.09 Å². The van der Waals surface area contributed by atoms with E-state index in [1.165, 1.54) is 12.5 Å². The summed E-state index contributed by atoms with van der Waals surface area (Å²) in [4.78, 5) is 31.1. The van der Waals surface area contributed by atoms with Crippen LogP contribution in [0.1, 0.15) is 49.3 Å². The number of carbonyl (C=O) groups excluding carboxylic acids is 2. The molecule has 3 aromatic heterocycles. The molecule has 0 spiro atoms. The van der Waals surface area contributed by atoms with Gasteiger partial charge in [0, 0.05) is 53.2 Å². The lowest BCUT2D eigenvalue weighted by Crippen LogP contribution is -2.39. The number of ketones is 1. The van der Waals surface area contributed by atoms with Crippen LogP contribution in [0.5, 0.6) is 11.5 Å². The van der Waals surface area contributed by atoms with Gasteiger partial charge in [-0.05, 0) is 62.6 Å². The lowest BCUT2D eigenvalue weighted by Gasteiger charge is -2.31. The maximum atomic E-state index is 12.7. The number of aromatic nitrogens is 3. The third-order valence-electron chi connectivity index (χ3n) is 7.15. The summed E-state index contributed by atoms with van der Waals surface area (Å²) in [6, 6.07) is 10.4. The van der Waals surface area contributed by atoms with Gasteiger partial charge in [-0.15, -0.1) is 0 Å². The predicted molar refractivity (Wildman–Crippen MR) is 166 cm³/mol. The minimum Gasteiger partial charge on any atom is -0.457 e. The zero-order chi connectivity index (χ0) is 30.9. The van der Waals surface area contributed by atoms with Crippen molar-refractivity contribution in [1.82, 2.24) is 19.6 Å². The highest BCUT2D eigenvalue weighted by Crippen LogP contribution is 2.39. The second-order valence-corrected chi connectivity index (χ2v) is 18.8. The first-order valence-corrected chi connectivity index (χ1v) is 18.3. The fraction of sp³-hybridized carbons (Fsp3) is 0.438. The van der Waals surface area contributed by atoms with Crippen LogP contribution < -0.4 is 4.74 Å². The van der Waals surface area contributed by atoms with Gasteiger partial charge in [-0.2, -0.15) is 0 Å². The molecule has 0 saturated heterocycles. The smallest absolute Gasteiger partial charge is 0.410 e. The van der Waals surface area contributed by atoms with Gasteiger partial charge in [0.1, 0.15) is 35.2 Å². The molecular formula is C32H40N4O6Si. The van der Waals surface area contributed by atoms with Crippen LogP contribution in [0.4, 0.5) is 4.79 Å². The molecule has 0 saturated carbocycles. The molecule has 0 atom stereocenters. The van der Waals surface area contributed by atoms with E-state index in [4.69, 9.17) is 18.7 Å². The summed E-state index contributed by atoms with van der Waals surface area (Å²) in [5.74, 6) is 1.45. The third kappa shape index (κ3) is 7.34. The highest BCUT2D eigenvalue weighted by molar-refractivity contribution is 6.76. The zero-order valence-corrected chi connectivity index (χ0v) is 27.0. The SMILES string of the molecule is CC(=O)c1cc(-c2cn(COCC[Si](C)(C)C)c3nccc(Oc4ccc5c(c4)CN(C(=O)OC(C)(C)C)CC5)c23)on1. The van der Waals surface area contributed by atoms with Crippen LogP contribution in [0.25, 0.3) is 22.4 Å². The zero-order valence-electron chi connectivity index (χ0n) is 26.0. The van der Waals surface area contributed by atoms with Crippen LogP contribution >= 0.6 is 0 Å². The highest BCUT2D eigenvalue weighted by atomic mass is 28.3. The first-order valence-electron chi connectivity index (χ1n) is 14.6. The monoisotopic (exact) mass is 604 g/mol. The molecule has 0 N–H and O–H groups in total. The Hall–Kier alpha value is -3.96. The quantitative estimate of drug-likeness (QED) is 0.111. The molecule has 4 aromatic rings. The van der Waals surface area contributed by atoms with Gasteiger partial charge in [0.2, 0.25) is 0 Å². The minimum absolute atomic E-state index is 0.183. The number of benzene rings is 1. The molecule has 11 heteroatoms. The molecule has 1 amide bonds. The summed E-state index contributed by atoms with van der Waals surface area (Å²) in [6.07, 6.45) is 4.01. The normalized spacial score (nSPS) is 13.7. The van der Waals surface area contributed by atoms with Gasteiger partial charge in [-0.1, -0.05) is 30.9 Å². The summed E-state index contributed by atoms with van der Waals surface area (Å²) in [5, 5.41) is 4.67. The van der Waals surface area contributed by atoms with Crippen molar-refractivity contribution >= 4 is 31.0 Å². The van der Waals surface area contributed by atoms with E-state index in [9.17, 15) is 9.59 Å². The highest BCUT2D eigenvalue weighted by Gasteiger charge is 2.26. The van der Waals surface area contributed by atoms with E-state index in [1.807, 2.05) is 49.7 Å². The molecular weight excluding hydrogens is 564 g/mol. The molecule has 10 nitrogen and oxygen atoms in total. The maximum Gasteiger partial charge on any atom is 0.410 e. The predicted octanol–water partition coefficient (Wildman–Crippen LogP) is 7.29. The maximum absolute atomic E-state index is 12.7. The van der Waals surface area contributed by atoms with E-state index >= 15 is 0 Å². The van der Waals surface area contributed by atoms with Gasteiger partial charge in [0.05, 0.1) is 10.9 Å². The molecule has 0 radical (unpaired) electrons. The van der Waals surface area contributed by atoms with Gasteiger partial charge in [0.25, 0.3) is 0 Å². The van der Waals surface area contributed by atoms with E-state index in [0.717, 1.165) is 23.4 Å². The number of carbonyl (C=O) groups is 2. The second kappa shape index (κ2) is 12.0. The van der Waals surface area contributed by atoms with Crippen molar-refractivity contribution in [3.05, 3.63) is 59.5 Å². The molecule has 0 aliphatic carbocycles. The van der Waals surface area contributed by atoms with Crippen LogP contribution in [0.15, 0.2) is 47.2 Å². The number of pyridine rings is 1. The molecule has 4 heterocycles. The van der Waals surface area contributed by atoms with Crippen LogP contribution in [-0.4, -0.2) is 58.3 Å².